The van der Waals surface area contributed by atoms with Crippen LogP contribution in [0.3, 0.4) is 0 Å². The van der Waals surface area contributed by atoms with Gasteiger partial charge >= 0.3 is 12.3 Å². The highest BCUT2D eigenvalue weighted by atomic mass is 35.5. The maximum atomic E-state index is 14.3. The molecule has 0 aliphatic rings. The van der Waals surface area contributed by atoms with E-state index in [1.807, 2.05) is 19.1 Å². The summed E-state index contributed by atoms with van der Waals surface area (Å²) in [5.74, 6) is -2.59. The fourth-order valence-electron chi connectivity index (χ4n) is 3.73. The van der Waals surface area contributed by atoms with Crippen molar-refractivity contribution in [2.75, 3.05) is 0 Å². The summed E-state index contributed by atoms with van der Waals surface area (Å²) >= 11 is 7.42. The lowest BCUT2D eigenvalue weighted by molar-refractivity contribution is -0.274. The van der Waals surface area contributed by atoms with Gasteiger partial charge in [0.1, 0.15) is 5.75 Å². The standard InChI is InChI=1S/C26H20ClF4NO4S/c1-14-24(37-19-7-4-17(27)5-8-19)20-9-6-18(36-26(29,30)31)12-22(20)32(14)13-16-3-10-21(28)23(11-16)35-15(2)25(33)34/h3-12,15H,13H2,1-2H3,(H,33,34)/t15-/m1/s1. The molecule has 0 spiro atoms. The van der Waals surface area contributed by atoms with Crippen LogP contribution in [0.2, 0.25) is 5.02 Å². The van der Waals surface area contributed by atoms with Crippen LogP contribution in [0, 0.1) is 12.7 Å². The Morgan fingerprint density at radius 2 is 1.81 bits per heavy atom. The summed E-state index contributed by atoms with van der Waals surface area (Å²) in [6.07, 6.45) is -6.13. The second-order valence-corrected chi connectivity index (χ2v) is 9.67. The Bertz CT molecular complexity index is 1450. The van der Waals surface area contributed by atoms with E-state index >= 15 is 0 Å². The van der Waals surface area contributed by atoms with Gasteiger partial charge in [-0.25, -0.2) is 9.18 Å². The summed E-state index contributed by atoms with van der Waals surface area (Å²) in [4.78, 5) is 12.8. The van der Waals surface area contributed by atoms with E-state index in [-0.39, 0.29) is 18.0 Å². The monoisotopic (exact) mass is 553 g/mol. The Morgan fingerprint density at radius 3 is 2.46 bits per heavy atom. The van der Waals surface area contributed by atoms with Crippen LogP contribution >= 0.6 is 23.4 Å². The lowest BCUT2D eigenvalue weighted by Crippen LogP contribution is -2.23. The van der Waals surface area contributed by atoms with E-state index in [2.05, 4.69) is 4.74 Å². The number of benzene rings is 3. The molecule has 4 aromatic rings. The largest absolute Gasteiger partial charge is 0.573 e. The minimum absolute atomic E-state index is 0.150. The number of halogens is 5. The van der Waals surface area contributed by atoms with Gasteiger partial charge in [0.25, 0.3) is 0 Å². The highest BCUT2D eigenvalue weighted by Gasteiger charge is 2.31. The molecule has 0 fully saturated rings. The summed E-state index contributed by atoms with van der Waals surface area (Å²) in [5, 5.41) is 10.4. The van der Waals surface area contributed by atoms with Crippen molar-refractivity contribution in [3.05, 3.63) is 82.8 Å². The van der Waals surface area contributed by atoms with Crippen LogP contribution in [0.4, 0.5) is 17.6 Å². The van der Waals surface area contributed by atoms with Crippen LogP contribution in [-0.4, -0.2) is 28.1 Å². The molecule has 194 valence electrons. The Labute approximate surface area is 218 Å². The first kappa shape index (κ1) is 26.7. The van der Waals surface area contributed by atoms with Gasteiger partial charge in [-0.3, -0.25) is 0 Å². The Hall–Kier alpha value is -3.37. The molecule has 0 unspecified atom stereocenters. The summed E-state index contributed by atoms with van der Waals surface area (Å²) < 4.78 is 64.1. The van der Waals surface area contributed by atoms with Gasteiger partial charge < -0.3 is 19.1 Å². The van der Waals surface area contributed by atoms with E-state index < -0.39 is 24.3 Å². The number of ether oxygens (including phenoxy) is 2. The van der Waals surface area contributed by atoms with Gasteiger partial charge in [-0.15, -0.1) is 13.2 Å². The normalized spacial score (nSPS) is 12.5. The molecule has 0 aliphatic carbocycles. The topological polar surface area (TPSA) is 60.7 Å². The Kier molecular flexibility index (Phi) is 7.61. The Balaban J connectivity index is 1.78. The third kappa shape index (κ3) is 6.31. The molecule has 11 heteroatoms. The first-order valence-corrected chi connectivity index (χ1v) is 12.1. The van der Waals surface area contributed by atoms with Gasteiger partial charge in [0.15, 0.2) is 17.7 Å². The van der Waals surface area contributed by atoms with Crippen molar-refractivity contribution < 1.29 is 36.9 Å². The zero-order chi connectivity index (χ0) is 26.9. The molecule has 0 bridgehead atoms. The zero-order valence-electron chi connectivity index (χ0n) is 19.5. The molecule has 4 rings (SSSR count). The minimum atomic E-state index is -4.86. The predicted molar refractivity (Wildman–Crippen MR) is 132 cm³/mol. The molecule has 37 heavy (non-hydrogen) atoms. The molecule has 0 amide bonds. The minimum Gasteiger partial charge on any atom is -0.479 e. The molecule has 5 nitrogen and oxygen atoms in total. The second kappa shape index (κ2) is 10.5. The lowest BCUT2D eigenvalue weighted by atomic mass is 10.2. The van der Waals surface area contributed by atoms with Gasteiger partial charge in [0, 0.05) is 38.5 Å². The number of fused-ring (bicyclic) bond motifs is 1. The number of aromatic nitrogens is 1. The smallest absolute Gasteiger partial charge is 0.479 e. The third-order valence-electron chi connectivity index (χ3n) is 5.49. The number of hydrogen-bond acceptors (Lipinski definition) is 4. The number of rotatable bonds is 8. The van der Waals surface area contributed by atoms with Crippen molar-refractivity contribution >= 4 is 40.2 Å². The fourth-order valence-corrected chi connectivity index (χ4v) is 4.91. The SMILES string of the molecule is Cc1c(Sc2ccc(Cl)cc2)c2ccc(OC(F)(F)F)cc2n1Cc1ccc(F)c(O[C@H](C)C(=O)O)c1. The van der Waals surface area contributed by atoms with Crippen LogP contribution < -0.4 is 9.47 Å². The molecule has 1 N–H and O–H groups in total. The first-order valence-electron chi connectivity index (χ1n) is 10.9. The van der Waals surface area contributed by atoms with E-state index in [0.29, 0.717) is 21.5 Å². The molecule has 1 heterocycles. The molecule has 0 radical (unpaired) electrons. The molecule has 0 aliphatic heterocycles. The first-order chi connectivity index (χ1) is 17.4. The van der Waals surface area contributed by atoms with Crippen LogP contribution in [0.25, 0.3) is 10.9 Å². The number of nitrogens with zero attached hydrogens (tertiary/aromatic N) is 1. The summed E-state index contributed by atoms with van der Waals surface area (Å²) in [6.45, 7) is 3.26. The highest BCUT2D eigenvalue weighted by molar-refractivity contribution is 7.99. The molecule has 0 saturated heterocycles. The van der Waals surface area contributed by atoms with Gasteiger partial charge in [0.2, 0.25) is 0 Å². The summed E-state index contributed by atoms with van der Waals surface area (Å²) in [5.41, 5.74) is 1.78. The van der Waals surface area contributed by atoms with Crippen molar-refractivity contribution in [1.29, 1.82) is 0 Å². The molecular weight excluding hydrogens is 534 g/mol. The Morgan fingerprint density at radius 1 is 1.11 bits per heavy atom. The van der Waals surface area contributed by atoms with Crippen molar-refractivity contribution in [3.63, 3.8) is 0 Å². The van der Waals surface area contributed by atoms with Crippen molar-refractivity contribution in [1.82, 2.24) is 4.57 Å². The average molecular weight is 554 g/mol. The summed E-state index contributed by atoms with van der Waals surface area (Å²) in [6, 6.07) is 15.3. The number of carbonyl (C=O) groups is 1. The quantitative estimate of drug-likeness (QED) is 0.227. The van der Waals surface area contributed by atoms with E-state index in [1.54, 1.807) is 22.8 Å². The van der Waals surface area contributed by atoms with Gasteiger partial charge in [-0.1, -0.05) is 29.4 Å². The van der Waals surface area contributed by atoms with Crippen LogP contribution in [0.5, 0.6) is 11.5 Å². The third-order valence-corrected chi connectivity index (χ3v) is 6.97. The van der Waals surface area contributed by atoms with E-state index in [4.69, 9.17) is 21.4 Å². The van der Waals surface area contributed by atoms with E-state index in [9.17, 15) is 22.4 Å². The highest BCUT2D eigenvalue weighted by Crippen LogP contribution is 2.40. The van der Waals surface area contributed by atoms with Crippen molar-refractivity contribution in [2.45, 2.75) is 42.6 Å². The van der Waals surface area contributed by atoms with Crippen molar-refractivity contribution in [2.24, 2.45) is 0 Å². The van der Waals surface area contributed by atoms with Crippen LogP contribution in [-0.2, 0) is 11.3 Å². The molecular formula is C26H20ClF4NO4S. The average Bonchev–Trinajstić information content (AvgIpc) is 3.06. The number of alkyl halides is 3. The fraction of sp³-hybridized carbons (Fsp3) is 0.192. The molecule has 1 aromatic heterocycles. The van der Waals surface area contributed by atoms with Crippen LogP contribution in [0.1, 0.15) is 18.2 Å². The van der Waals surface area contributed by atoms with Crippen LogP contribution in [0.15, 0.2) is 70.5 Å². The number of carboxylic acid groups (broad SMARTS) is 1. The molecule has 0 saturated carbocycles. The van der Waals surface area contributed by atoms with E-state index in [0.717, 1.165) is 21.6 Å². The molecule has 3 aromatic carbocycles. The van der Waals surface area contributed by atoms with Crippen molar-refractivity contribution in [3.8, 4) is 11.5 Å². The summed E-state index contributed by atoms with van der Waals surface area (Å²) in [7, 11) is 0. The van der Waals surface area contributed by atoms with Gasteiger partial charge in [-0.2, -0.15) is 0 Å². The lowest BCUT2D eigenvalue weighted by Gasteiger charge is -2.14. The van der Waals surface area contributed by atoms with Gasteiger partial charge in [-0.05, 0) is 67.9 Å². The zero-order valence-corrected chi connectivity index (χ0v) is 21.0. The second-order valence-electron chi connectivity index (χ2n) is 8.15. The predicted octanol–water partition coefficient (Wildman–Crippen LogP) is 7.69. The maximum Gasteiger partial charge on any atom is 0.573 e. The number of carboxylic acids is 1. The number of hydrogen-bond donors (Lipinski definition) is 1. The maximum absolute atomic E-state index is 14.3. The number of aliphatic carboxylic acids is 1. The van der Waals surface area contributed by atoms with Gasteiger partial charge in [0.05, 0.1) is 5.52 Å². The van der Waals surface area contributed by atoms with E-state index in [1.165, 1.54) is 43.0 Å². The molecule has 1 atom stereocenters.